The molecule has 2 aromatic rings. The van der Waals surface area contributed by atoms with Crippen LogP contribution in [0.1, 0.15) is 41.5 Å². The van der Waals surface area contributed by atoms with Gasteiger partial charge in [0.25, 0.3) is 0 Å². The first kappa shape index (κ1) is 19.8. The standard InChI is InChI=1S/C19H25F4NSi/c1-10(2)25(11(3)4,12(5)6)24-14-9-7-8-13-15(14)17(21)19(23)18(22)16(13)20/h7-12,24H,1-6H3. The van der Waals surface area contributed by atoms with E-state index in [-0.39, 0.29) is 10.8 Å². The fourth-order valence-corrected chi connectivity index (χ4v) is 9.70. The van der Waals surface area contributed by atoms with E-state index in [0.29, 0.717) is 22.3 Å². The molecule has 6 heteroatoms. The minimum Gasteiger partial charge on any atom is -0.409 e. The van der Waals surface area contributed by atoms with E-state index >= 15 is 0 Å². The summed E-state index contributed by atoms with van der Waals surface area (Å²) >= 11 is 0. The maximum Gasteiger partial charge on any atom is 0.198 e. The molecule has 0 aliphatic rings. The van der Waals surface area contributed by atoms with Gasteiger partial charge in [0.05, 0.1) is 0 Å². The van der Waals surface area contributed by atoms with Crippen molar-refractivity contribution in [1.29, 1.82) is 0 Å². The Morgan fingerprint density at radius 3 is 1.68 bits per heavy atom. The number of hydrogen-bond acceptors (Lipinski definition) is 1. The van der Waals surface area contributed by atoms with Crippen molar-refractivity contribution in [1.82, 2.24) is 0 Å². The molecule has 25 heavy (non-hydrogen) atoms. The maximum absolute atomic E-state index is 14.5. The molecular weight excluding hydrogens is 346 g/mol. The van der Waals surface area contributed by atoms with E-state index < -0.39 is 31.5 Å². The van der Waals surface area contributed by atoms with Crippen molar-refractivity contribution in [3.8, 4) is 0 Å². The van der Waals surface area contributed by atoms with Gasteiger partial charge in [-0.1, -0.05) is 53.7 Å². The number of halogens is 4. The van der Waals surface area contributed by atoms with E-state index in [2.05, 4.69) is 46.5 Å². The average molecular weight is 371 g/mol. The molecule has 0 bridgehead atoms. The van der Waals surface area contributed by atoms with Crippen LogP contribution in [0, 0.1) is 23.3 Å². The summed E-state index contributed by atoms with van der Waals surface area (Å²) in [4.78, 5) is 3.49. The van der Waals surface area contributed by atoms with Gasteiger partial charge in [0.1, 0.15) is 0 Å². The van der Waals surface area contributed by atoms with Crippen LogP contribution in [0.3, 0.4) is 0 Å². The highest BCUT2D eigenvalue weighted by atomic mass is 28.3. The topological polar surface area (TPSA) is 12.0 Å². The summed E-state index contributed by atoms with van der Waals surface area (Å²) in [7, 11) is -2.21. The third kappa shape index (κ3) is 3.05. The van der Waals surface area contributed by atoms with Crippen molar-refractivity contribution in [3.63, 3.8) is 0 Å². The molecule has 0 amide bonds. The Labute approximate surface area is 147 Å². The van der Waals surface area contributed by atoms with Crippen LogP contribution in [0.4, 0.5) is 23.2 Å². The summed E-state index contributed by atoms with van der Waals surface area (Å²) in [6, 6.07) is 4.41. The van der Waals surface area contributed by atoms with Gasteiger partial charge in [0.2, 0.25) is 0 Å². The Hall–Kier alpha value is -1.56. The lowest BCUT2D eigenvalue weighted by Crippen LogP contribution is -2.52. The highest BCUT2D eigenvalue weighted by molar-refractivity contribution is 6.86. The highest BCUT2D eigenvalue weighted by Crippen LogP contribution is 2.43. The van der Waals surface area contributed by atoms with E-state index in [1.807, 2.05) is 0 Å². The van der Waals surface area contributed by atoms with Crippen molar-refractivity contribution in [2.24, 2.45) is 0 Å². The second-order valence-electron chi connectivity index (χ2n) is 7.51. The fourth-order valence-electron chi connectivity index (χ4n) is 4.16. The van der Waals surface area contributed by atoms with Crippen molar-refractivity contribution in [2.45, 2.75) is 58.2 Å². The van der Waals surface area contributed by atoms with Crippen LogP contribution < -0.4 is 4.98 Å². The number of fused-ring (bicyclic) bond motifs is 1. The van der Waals surface area contributed by atoms with Crippen LogP contribution in [0.5, 0.6) is 0 Å². The quantitative estimate of drug-likeness (QED) is 0.259. The molecule has 0 heterocycles. The molecule has 0 aromatic heterocycles. The summed E-state index contributed by atoms with van der Waals surface area (Å²) in [6.07, 6.45) is 0. The van der Waals surface area contributed by atoms with Crippen LogP contribution in [-0.4, -0.2) is 8.24 Å². The van der Waals surface area contributed by atoms with Gasteiger partial charge < -0.3 is 4.98 Å². The zero-order valence-electron chi connectivity index (χ0n) is 15.5. The number of benzene rings is 2. The summed E-state index contributed by atoms with van der Waals surface area (Å²) in [5.41, 5.74) is 1.25. The predicted octanol–water partition coefficient (Wildman–Crippen LogP) is 6.98. The third-order valence-corrected chi connectivity index (χ3v) is 11.8. The average Bonchev–Trinajstić information content (AvgIpc) is 2.54. The third-order valence-electron chi connectivity index (χ3n) is 5.32. The van der Waals surface area contributed by atoms with Crippen LogP contribution in [-0.2, 0) is 0 Å². The molecule has 0 aliphatic carbocycles. The Morgan fingerprint density at radius 2 is 1.20 bits per heavy atom. The zero-order chi connectivity index (χ0) is 19.1. The first-order valence-corrected chi connectivity index (χ1v) is 10.8. The monoisotopic (exact) mass is 371 g/mol. The van der Waals surface area contributed by atoms with Crippen LogP contribution in [0.2, 0.25) is 16.6 Å². The molecule has 2 rings (SSSR count). The molecule has 0 fully saturated rings. The molecule has 0 unspecified atom stereocenters. The second kappa shape index (κ2) is 6.98. The molecule has 0 radical (unpaired) electrons. The normalized spacial score (nSPS) is 12.7. The predicted molar refractivity (Wildman–Crippen MR) is 98.5 cm³/mol. The molecule has 0 atom stereocenters. The summed E-state index contributed by atoms with van der Waals surface area (Å²) in [6.45, 7) is 12.7. The smallest absolute Gasteiger partial charge is 0.198 e. The van der Waals surface area contributed by atoms with Crippen LogP contribution in [0.15, 0.2) is 18.2 Å². The summed E-state index contributed by atoms with van der Waals surface area (Å²) in [5, 5.41) is -0.474. The number of rotatable bonds is 5. The van der Waals surface area contributed by atoms with Gasteiger partial charge in [-0.3, -0.25) is 0 Å². The molecule has 0 saturated heterocycles. The lowest BCUT2D eigenvalue weighted by molar-refractivity contribution is 0.418. The highest BCUT2D eigenvalue weighted by Gasteiger charge is 2.44. The van der Waals surface area contributed by atoms with Crippen LogP contribution in [0.25, 0.3) is 10.8 Å². The Bertz CT molecular complexity index is 765. The molecule has 0 aliphatic heterocycles. The molecule has 0 spiro atoms. The van der Waals surface area contributed by atoms with E-state index in [1.54, 1.807) is 6.07 Å². The number of anilines is 1. The SMILES string of the molecule is CC(C)[Si](Nc1cccc2c(F)c(F)c(F)c(F)c12)(C(C)C)C(C)C. The van der Waals surface area contributed by atoms with Crippen molar-refractivity contribution < 1.29 is 17.6 Å². The number of nitrogens with one attached hydrogen (secondary N) is 1. The Morgan fingerprint density at radius 1 is 0.720 bits per heavy atom. The fraction of sp³-hybridized carbons (Fsp3) is 0.474. The molecule has 1 nitrogen and oxygen atoms in total. The van der Waals surface area contributed by atoms with E-state index in [4.69, 9.17) is 0 Å². The molecule has 0 saturated carbocycles. The van der Waals surface area contributed by atoms with E-state index in [9.17, 15) is 17.6 Å². The van der Waals surface area contributed by atoms with Crippen molar-refractivity contribution >= 4 is 24.7 Å². The van der Waals surface area contributed by atoms with Gasteiger partial charge in [0, 0.05) is 16.5 Å². The lowest BCUT2D eigenvalue weighted by Gasteiger charge is -2.44. The molecule has 1 N–H and O–H groups in total. The Balaban J connectivity index is 2.78. The largest absolute Gasteiger partial charge is 0.409 e. The first-order valence-electron chi connectivity index (χ1n) is 8.58. The minimum atomic E-state index is -2.21. The van der Waals surface area contributed by atoms with E-state index in [0.717, 1.165) is 0 Å². The first-order chi connectivity index (χ1) is 11.6. The van der Waals surface area contributed by atoms with Gasteiger partial charge in [0.15, 0.2) is 31.5 Å². The van der Waals surface area contributed by atoms with E-state index in [1.165, 1.54) is 12.1 Å². The summed E-state index contributed by atoms with van der Waals surface area (Å²) in [5.74, 6) is -6.26. The van der Waals surface area contributed by atoms with Gasteiger partial charge in [-0.15, -0.1) is 0 Å². The van der Waals surface area contributed by atoms with Gasteiger partial charge in [-0.2, -0.15) is 0 Å². The molecular formula is C19H25F4NSi. The van der Waals surface area contributed by atoms with Gasteiger partial charge in [-0.05, 0) is 22.7 Å². The van der Waals surface area contributed by atoms with Gasteiger partial charge in [-0.25, -0.2) is 17.6 Å². The Kier molecular flexibility index (Phi) is 5.52. The van der Waals surface area contributed by atoms with Crippen molar-refractivity contribution in [3.05, 3.63) is 41.5 Å². The minimum absolute atomic E-state index is 0.224. The summed E-state index contributed by atoms with van der Waals surface area (Å²) < 4.78 is 56.0. The number of hydrogen-bond donors (Lipinski definition) is 1. The zero-order valence-corrected chi connectivity index (χ0v) is 16.5. The van der Waals surface area contributed by atoms with Crippen molar-refractivity contribution in [2.75, 3.05) is 4.98 Å². The second-order valence-corrected chi connectivity index (χ2v) is 13.1. The molecule has 138 valence electrons. The van der Waals surface area contributed by atoms with Gasteiger partial charge >= 0.3 is 0 Å². The molecule has 2 aromatic carbocycles. The maximum atomic E-state index is 14.5. The lowest BCUT2D eigenvalue weighted by atomic mass is 10.1. The van der Waals surface area contributed by atoms with Crippen LogP contribution >= 0.6 is 0 Å².